The highest BCUT2D eigenvalue weighted by Gasteiger charge is 2.16. The number of nitrogens with one attached hydrogen (secondary N) is 1. The molecule has 0 unspecified atom stereocenters. The van der Waals surface area contributed by atoms with E-state index >= 15 is 0 Å². The fourth-order valence-corrected chi connectivity index (χ4v) is 3.02. The zero-order valence-electron chi connectivity index (χ0n) is 14.7. The molecule has 0 amide bonds. The Labute approximate surface area is 134 Å². The van der Waals surface area contributed by atoms with E-state index in [-0.39, 0.29) is 0 Å². The molecule has 2 aromatic rings. The van der Waals surface area contributed by atoms with Gasteiger partial charge in [-0.3, -0.25) is 4.98 Å². The van der Waals surface area contributed by atoms with Crippen molar-refractivity contribution in [2.24, 2.45) is 0 Å². The lowest BCUT2D eigenvalue weighted by molar-refractivity contribution is 0.721. The van der Waals surface area contributed by atoms with Crippen LogP contribution in [-0.2, 0) is 6.42 Å². The minimum Gasteiger partial charge on any atom is -0.377 e. The van der Waals surface area contributed by atoms with E-state index in [9.17, 15) is 0 Å². The van der Waals surface area contributed by atoms with E-state index in [4.69, 9.17) is 4.98 Å². The van der Waals surface area contributed by atoms with Gasteiger partial charge in [-0.15, -0.1) is 0 Å². The summed E-state index contributed by atoms with van der Waals surface area (Å²) in [6.07, 6.45) is 2.17. The quantitative estimate of drug-likeness (QED) is 0.831. The van der Waals surface area contributed by atoms with Crippen molar-refractivity contribution in [1.82, 2.24) is 10.3 Å². The third-order valence-electron chi connectivity index (χ3n) is 4.05. The van der Waals surface area contributed by atoms with Gasteiger partial charge < -0.3 is 15.1 Å². The molecule has 1 heterocycles. The van der Waals surface area contributed by atoms with Gasteiger partial charge in [-0.05, 0) is 45.0 Å². The monoisotopic (exact) mass is 300 g/mol. The van der Waals surface area contributed by atoms with Crippen molar-refractivity contribution < 1.29 is 0 Å². The highest BCUT2D eigenvalue weighted by Crippen LogP contribution is 2.35. The number of anilines is 2. The predicted octanol–water partition coefficient (Wildman–Crippen LogP) is 2.83. The summed E-state index contributed by atoms with van der Waals surface area (Å²) in [6, 6.07) is 6.44. The van der Waals surface area contributed by atoms with Crippen LogP contribution in [0.4, 0.5) is 11.4 Å². The molecule has 0 atom stereocenters. The van der Waals surface area contributed by atoms with Crippen molar-refractivity contribution in [1.29, 1.82) is 0 Å². The first kappa shape index (κ1) is 16.6. The fraction of sp³-hybridized carbons (Fsp3) is 0.500. The average molecular weight is 300 g/mol. The Morgan fingerprint density at radius 2 is 1.82 bits per heavy atom. The highest BCUT2D eigenvalue weighted by molar-refractivity contribution is 6.00. The molecule has 0 bridgehead atoms. The second-order valence-electron chi connectivity index (χ2n) is 6.19. The minimum absolute atomic E-state index is 1.03. The molecule has 0 saturated carbocycles. The molecule has 0 fully saturated rings. The predicted molar refractivity (Wildman–Crippen MR) is 97.4 cm³/mol. The molecular formula is C18H28N4. The smallest absolute Gasteiger partial charge is 0.0959 e. The van der Waals surface area contributed by atoms with Crippen LogP contribution >= 0.6 is 0 Å². The number of fused-ring (bicyclic) bond motifs is 1. The second kappa shape index (κ2) is 6.97. The first-order valence-corrected chi connectivity index (χ1v) is 7.88. The number of nitrogens with zero attached hydrogens (tertiary/aromatic N) is 3. The summed E-state index contributed by atoms with van der Waals surface area (Å²) in [5.74, 6) is 0. The molecule has 4 heteroatoms. The summed E-state index contributed by atoms with van der Waals surface area (Å²) in [6.45, 7) is 3.16. The number of pyridine rings is 1. The highest BCUT2D eigenvalue weighted by atomic mass is 15.1. The summed E-state index contributed by atoms with van der Waals surface area (Å²) in [5, 5.41) is 4.46. The standard InChI is InChI=1S/C18H28N4/c1-13-14(10-8-12-19-2)18(22(5)6)15-9-7-11-16(21(3)4)17(15)20-13/h7,9,11,19H,8,10,12H2,1-6H3. The molecule has 120 valence electrons. The Balaban J connectivity index is 2.66. The van der Waals surface area contributed by atoms with Crippen molar-refractivity contribution in [3.63, 3.8) is 0 Å². The summed E-state index contributed by atoms with van der Waals surface area (Å²) in [5.41, 5.74) is 6.07. The third-order valence-corrected chi connectivity index (χ3v) is 4.05. The SMILES string of the molecule is CNCCCc1c(C)nc2c(N(C)C)cccc2c1N(C)C. The summed E-state index contributed by atoms with van der Waals surface area (Å²) >= 11 is 0. The van der Waals surface area contributed by atoms with Crippen LogP contribution in [0.2, 0.25) is 0 Å². The van der Waals surface area contributed by atoms with Crippen LogP contribution in [-0.4, -0.2) is 46.8 Å². The summed E-state index contributed by atoms with van der Waals surface area (Å²) in [4.78, 5) is 9.29. The van der Waals surface area contributed by atoms with Crippen LogP contribution in [0.3, 0.4) is 0 Å². The molecule has 0 aliphatic carbocycles. The van der Waals surface area contributed by atoms with Gasteiger partial charge >= 0.3 is 0 Å². The van der Waals surface area contributed by atoms with Crippen molar-refractivity contribution >= 4 is 22.3 Å². The molecule has 2 rings (SSSR count). The molecule has 22 heavy (non-hydrogen) atoms. The van der Waals surface area contributed by atoms with Crippen LogP contribution in [0.1, 0.15) is 17.7 Å². The van der Waals surface area contributed by atoms with Gasteiger partial charge in [-0.2, -0.15) is 0 Å². The molecule has 0 saturated heterocycles. The topological polar surface area (TPSA) is 31.4 Å². The Morgan fingerprint density at radius 1 is 1.09 bits per heavy atom. The Hall–Kier alpha value is -1.81. The molecule has 0 spiro atoms. The maximum absolute atomic E-state index is 4.93. The molecule has 4 nitrogen and oxygen atoms in total. The molecule has 0 radical (unpaired) electrons. The Morgan fingerprint density at radius 3 is 2.41 bits per heavy atom. The van der Waals surface area contributed by atoms with E-state index in [2.05, 4.69) is 68.4 Å². The van der Waals surface area contributed by atoms with E-state index in [0.29, 0.717) is 0 Å². The Kier molecular flexibility index (Phi) is 5.24. The largest absolute Gasteiger partial charge is 0.377 e. The van der Waals surface area contributed by atoms with E-state index in [1.54, 1.807) is 0 Å². The van der Waals surface area contributed by atoms with Crippen LogP contribution in [0, 0.1) is 6.92 Å². The first-order valence-electron chi connectivity index (χ1n) is 7.88. The molecule has 1 aromatic heterocycles. The molecule has 0 aliphatic rings. The van der Waals surface area contributed by atoms with Gasteiger partial charge in [0.05, 0.1) is 16.9 Å². The maximum atomic E-state index is 4.93. The van der Waals surface area contributed by atoms with E-state index < -0.39 is 0 Å². The van der Waals surface area contributed by atoms with E-state index in [1.807, 2.05) is 7.05 Å². The zero-order chi connectivity index (χ0) is 16.3. The number of benzene rings is 1. The van der Waals surface area contributed by atoms with Crippen molar-refractivity contribution in [3.8, 4) is 0 Å². The lowest BCUT2D eigenvalue weighted by Crippen LogP contribution is -2.16. The van der Waals surface area contributed by atoms with Crippen LogP contribution in [0.5, 0.6) is 0 Å². The molecular weight excluding hydrogens is 272 g/mol. The third kappa shape index (κ3) is 3.17. The van der Waals surface area contributed by atoms with Gasteiger partial charge in [0.15, 0.2) is 0 Å². The number of rotatable bonds is 6. The molecule has 1 N–H and O–H groups in total. The minimum atomic E-state index is 1.03. The van der Waals surface area contributed by atoms with Gasteiger partial charge in [0, 0.05) is 39.3 Å². The molecule has 0 aliphatic heterocycles. The van der Waals surface area contributed by atoms with Crippen molar-refractivity contribution in [2.45, 2.75) is 19.8 Å². The van der Waals surface area contributed by atoms with E-state index in [0.717, 1.165) is 30.6 Å². The average Bonchev–Trinajstić information content (AvgIpc) is 2.46. The van der Waals surface area contributed by atoms with E-state index in [1.165, 1.54) is 22.3 Å². The van der Waals surface area contributed by atoms with Crippen molar-refractivity contribution in [3.05, 3.63) is 29.5 Å². The second-order valence-corrected chi connectivity index (χ2v) is 6.19. The number of aromatic nitrogens is 1. The van der Waals surface area contributed by atoms with Gasteiger partial charge in [0.2, 0.25) is 0 Å². The van der Waals surface area contributed by atoms with Crippen LogP contribution in [0.15, 0.2) is 18.2 Å². The number of hydrogen-bond acceptors (Lipinski definition) is 4. The first-order chi connectivity index (χ1) is 10.5. The molecule has 1 aromatic carbocycles. The normalized spacial score (nSPS) is 11.0. The maximum Gasteiger partial charge on any atom is 0.0959 e. The lowest BCUT2D eigenvalue weighted by atomic mass is 10.0. The zero-order valence-corrected chi connectivity index (χ0v) is 14.7. The van der Waals surface area contributed by atoms with Gasteiger partial charge in [-0.25, -0.2) is 0 Å². The Bertz CT molecular complexity index is 647. The van der Waals surface area contributed by atoms with Crippen LogP contribution < -0.4 is 15.1 Å². The number of aryl methyl sites for hydroxylation is 1. The lowest BCUT2D eigenvalue weighted by Gasteiger charge is -2.24. The summed E-state index contributed by atoms with van der Waals surface area (Å²) < 4.78 is 0. The van der Waals surface area contributed by atoms with Gasteiger partial charge in [-0.1, -0.05) is 12.1 Å². The summed E-state index contributed by atoms with van der Waals surface area (Å²) in [7, 11) is 10.4. The van der Waals surface area contributed by atoms with Crippen LogP contribution in [0.25, 0.3) is 10.9 Å². The fourth-order valence-electron chi connectivity index (χ4n) is 3.02. The van der Waals surface area contributed by atoms with Gasteiger partial charge in [0.1, 0.15) is 0 Å². The van der Waals surface area contributed by atoms with Gasteiger partial charge in [0.25, 0.3) is 0 Å². The number of para-hydroxylation sites is 1. The van der Waals surface area contributed by atoms with Crippen molar-refractivity contribution in [2.75, 3.05) is 51.6 Å². The number of hydrogen-bond donors (Lipinski definition) is 1.